The summed E-state index contributed by atoms with van der Waals surface area (Å²) in [5.74, 6) is 0. The fourth-order valence-electron chi connectivity index (χ4n) is 2.83. The first-order chi connectivity index (χ1) is 8.38. The third kappa shape index (κ3) is 6.39. The Morgan fingerprint density at radius 1 is 0.765 bits per heavy atom. The van der Waals surface area contributed by atoms with Crippen LogP contribution >= 0.6 is 0 Å². The van der Waals surface area contributed by atoms with E-state index in [9.17, 15) is 0 Å². The van der Waals surface area contributed by atoms with Crippen LogP contribution in [0.4, 0.5) is 0 Å². The monoisotopic (exact) mass is 243 g/mol. The fourth-order valence-corrected chi connectivity index (χ4v) is 2.83. The highest BCUT2D eigenvalue weighted by molar-refractivity contribution is 4.75. The number of unbranched alkanes of at least 4 members (excludes halogenated alkanes) is 3. The molecule has 0 unspecified atom stereocenters. The molecule has 2 N–H and O–H groups in total. The van der Waals surface area contributed by atoms with E-state index < -0.39 is 0 Å². The van der Waals surface area contributed by atoms with Crippen molar-refractivity contribution >= 4 is 0 Å². The van der Waals surface area contributed by atoms with E-state index in [1.165, 1.54) is 44.9 Å². The number of nitrogens with zero attached hydrogens (tertiary/aromatic N) is 1. The summed E-state index contributed by atoms with van der Waals surface area (Å²) >= 11 is 0. The van der Waals surface area contributed by atoms with Crippen LogP contribution < -0.4 is 0 Å². The van der Waals surface area contributed by atoms with Gasteiger partial charge < -0.3 is 10.2 Å². The Hall–Kier alpha value is -0.120. The Morgan fingerprint density at radius 3 is 2.12 bits per heavy atom. The van der Waals surface area contributed by atoms with Crippen LogP contribution in [0.5, 0.6) is 0 Å². The standard InChI is InChI=1S/C14H29NO2/c16-12-7-2-1-6-10-15(11-13-17)14-8-4-3-5-9-14/h14,16-17H,1-13H2. The molecule has 1 aliphatic carbocycles. The third-order valence-electron chi connectivity index (χ3n) is 3.83. The molecule has 0 spiro atoms. The second kappa shape index (κ2) is 9.86. The summed E-state index contributed by atoms with van der Waals surface area (Å²) in [5, 5.41) is 17.9. The van der Waals surface area contributed by atoms with Crippen molar-refractivity contribution in [2.45, 2.75) is 63.8 Å². The highest BCUT2D eigenvalue weighted by Crippen LogP contribution is 2.22. The summed E-state index contributed by atoms with van der Waals surface area (Å²) in [6.45, 7) is 2.57. The van der Waals surface area contributed by atoms with Gasteiger partial charge in [0.05, 0.1) is 6.61 Å². The van der Waals surface area contributed by atoms with Gasteiger partial charge in [-0.25, -0.2) is 0 Å². The van der Waals surface area contributed by atoms with Crippen LogP contribution in [0.3, 0.4) is 0 Å². The van der Waals surface area contributed by atoms with Gasteiger partial charge in [0.2, 0.25) is 0 Å². The first-order valence-corrected chi connectivity index (χ1v) is 7.34. The summed E-state index contributed by atoms with van der Waals surface area (Å²) in [5.41, 5.74) is 0. The molecular weight excluding hydrogens is 214 g/mol. The molecule has 3 nitrogen and oxygen atoms in total. The average molecular weight is 243 g/mol. The van der Waals surface area contributed by atoms with Crippen molar-refractivity contribution in [2.75, 3.05) is 26.3 Å². The maximum Gasteiger partial charge on any atom is 0.0558 e. The molecule has 0 heterocycles. The van der Waals surface area contributed by atoms with Crippen LogP contribution in [-0.4, -0.2) is 47.5 Å². The molecule has 0 aromatic heterocycles. The average Bonchev–Trinajstić information content (AvgIpc) is 2.38. The molecule has 1 aliphatic rings. The van der Waals surface area contributed by atoms with Crippen LogP contribution in [0.15, 0.2) is 0 Å². The van der Waals surface area contributed by atoms with Crippen LogP contribution in [0, 0.1) is 0 Å². The molecule has 1 rings (SSSR count). The largest absolute Gasteiger partial charge is 0.396 e. The SMILES string of the molecule is OCCCCCCN(CCO)C1CCCCC1. The van der Waals surface area contributed by atoms with E-state index in [0.29, 0.717) is 12.6 Å². The molecule has 1 saturated carbocycles. The van der Waals surface area contributed by atoms with Crippen molar-refractivity contribution in [3.63, 3.8) is 0 Å². The first-order valence-electron chi connectivity index (χ1n) is 7.34. The zero-order chi connectivity index (χ0) is 12.3. The van der Waals surface area contributed by atoms with E-state index in [1.807, 2.05) is 0 Å². The van der Waals surface area contributed by atoms with Crippen LogP contribution in [0.25, 0.3) is 0 Å². The topological polar surface area (TPSA) is 43.7 Å². The molecule has 0 atom stereocenters. The van der Waals surface area contributed by atoms with Crippen molar-refractivity contribution in [1.29, 1.82) is 0 Å². The summed E-state index contributed by atoms with van der Waals surface area (Å²) < 4.78 is 0. The molecule has 102 valence electrons. The Balaban J connectivity index is 2.17. The van der Waals surface area contributed by atoms with Gasteiger partial charge in [-0.05, 0) is 32.2 Å². The van der Waals surface area contributed by atoms with Crippen molar-refractivity contribution in [3.05, 3.63) is 0 Å². The summed E-state index contributed by atoms with van der Waals surface area (Å²) in [6.07, 6.45) is 11.2. The Morgan fingerprint density at radius 2 is 1.47 bits per heavy atom. The molecule has 0 aromatic carbocycles. The van der Waals surface area contributed by atoms with Crippen molar-refractivity contribution in [2.24, 2.45) is 0 Å². The van der Waals surface area contributed by atoms with Gasteiger partial charge >= 0.3 is 0 Å². The fraction of sp³-hybridized carbons (Fsp3) is 1.00. The van der Waals surface area contributed by atoms with E-state index in [1.54, 1.807) is 0 Å². The molecule has 0 amide bonds. The van der Waals surface area contributed by atoms with Crippen molar-refractivity contribution < 1.29 is 10.2 Å². The predicted molar refractivity (Wildman–Crippen MR) is 71.1 cm³/mol. The van der Waals surface area contributed by atoms with Crippen molar-refractivity contribution in [1.82, 2.24) is 4.90 Å². The molecule has 17 heavy (non-hydrogen) atoms. The summed E-state index contributed by atoms with van der Waals surface area (Å²) in [4.78, 5) is 2.48. The molecule has 0 radical (unpaired) electrons. The Bertz CT molecular complexity index is 170. The Kier molecular flexibility index (Phi) is 8.67. The number of hydrogen-bond acceptors (Lipinski definition) is 3. The van der Waals surface area contributed by atoms with Gasteiger partial charge in [0.1, 0.15) is 0 Å². The minimum Gasteiger partial charge on any atom is -0.396 e. The minimum absolute atomic E-state index is 0.285. The second-order valence-electron chi connectivity index (χ2n) is 5.19. The number of aliphatic hydroxyl groups excluding tert-OH is 2. The Labute approximate surface area is 106 Å². The van der Waals surface area contributed by atoms with Crippen molar-refractivity contribution in [3.8, 4) is 0 Å². The molecule has 0 saturated heterocycles. The predicted octanol–water partition coefficient (Wildman–Crippen LogP) is 2.17. The zero-order valence-electron chi connectivity index (χ0n) is 11.1. The number of aliphatic hydroxyl groups is 2. The van der Waals surface area contributed by atoms with E-state index in [0.717, 1.165) is 25.9 Å². The van der Waals surface area contributed by atoms with Gasteiger partial charge in [-0.2, -0.15) is 0 Å². The lowest BCUT2D eigenvalue weighted by atomic mass is 9.94. The van der Waals surface area contributed by atoms with Crippen LogP contribution in [-0.2, 0) is 0 Å². The molecule has 0 aliphatic heterocycles. The minimum atomic E-state index is 0.285. The normalized spacial score (nSPS) is 17.8. The highest BCUT2D eigenvalue weighted by Gasteiger charge is 2.19. The van der Waals surface area contributed by atoms with E-state index in [4.69, 9.17) is 10.2 Å². The van der Waals surface area contributed by atoms with Gasteiger partial charge in [0.25, 0.3) is 0 Å². The molecule has 0 aromatic rings. The quantitative estimate of drug-likeness (QED) is 0.610. The number of hydrogen-bond donors (Lipinski definition) is 2. The van der Waals surface area contributed by atoms with Gasteiger partial charge in [-0.15, -0.1) is 0 Å². The van der Waals surface area contributed by atoms with E-state index in [-0.39, 0.29) is 6.61 Å². The van der Waals surface area contributed by atoms with E-state index >= 15 is 0 Å². The lowest BCUT2D eigenvalue weighted by Gasteiger charge is -2.34. The van der Waals surface area contributed by atoms with Crippen LogP contribution in [0.1, 0.15) is 57.8 Å². The highest BCUT2D eigenvalue weighted by atomic mass is 16.3. The van der Waals surface area contributed by atoms with Gasteiger partial charge in [-0.1, -0.05) is 32.1 Å². The van der Waals surface area contributed by atoms with Crippen LogP contribution in [0.2, 0.25) is 0 Å². The lowest BCUT2D eigenvalue weighted by Crippen LogP contribution is -2.39. The summed E-state index contributed by atoms with van der Waals surface area (Å²) in [6, 6.07) is 0.716. The molecular formula is C14H29NO2. The van der Waals surface area contributed by atoms with E-state index in [2.05, 4.69) is 4.90 Å². The second-order valence-corrected chi connectivity index (χ2v) is 5.19. The third-order valence-corrected chi connectivity index (χ3v) is 3.83. The maximum absolute atomic E-state index is 9.13. The summed E-state index contributed by atoms with van der Waals surface area (Å²) in [7, 11) is 0. The maximum atomic E-state index is 9.13. The molecule has 3 heteroatoms. The molecule has 1 fully saturated rings. The lowest BCUT2D eigenvalue weighted by molar-refractivity contribution is 0.121. The number of rotatable bonds is 9. The van der Waals surface area contributed by atoms with Gasteiger partial charge in [0, 0.05) is 19.2 Å². The molecule has 0 bridgehead atoms. The smallest absolute Gasteiger partial charge is 0.0558 e. The first kappa shape index (κ1) is 14.9. The zero-order valence-corrected chi connectivity index (χ0v) is 11.1. The van der Waals surface area contributed by atoms with Gasteiger partial charge in [0.15, 0.2) is 0 Å². The van der Waals surface area contributed by atoms with Gasteiger partial charge in [-0.3, -0.25) is 4.90 Å².